The van der Waals surface area contributed by atoms with Crippen molar-refractivity contribution in [1.29, 1.82) is 0 Å². The number of rotatable bonds is 4. The minimum Gasteiger partial charge on any atom is -0.488 e. The van der Waals surface area contributed by atoms with E-state index < -0.39 is 6.17 Å². The number of hydrogen-bond donors (Lipinski definition) is 0. The molecule has 0 bridgehead atoms. The zero-order chi connectivity index (χ0) is 12.2. The summed E-state index contributed by atoms with van der Waals surface area (Å²) in [5.41, 5.74) is 0.531. The zero-order valence-electron chi connectivity index (χ0n) is 10.6. The molecule has 90 valence electrons. The third kappa shape index (κ3) is 4.21. The molecule has 1 aromatic carbocycles. The fourth-order valence-corrected chi connectivity index (χ4v) is 1.52. The molecule has 0 spiro atoms. The van der Waals surface area contributed by atoms with Crippen LogP contribution in [-0.2, 0) is 0 Å². The highest BCUT2D eigenvalue weighted by Crippen LogP contribution is 2.25. The van der Waals surface area contributed by atoms with Gasteiger partial charge in [0.2, 0.25) is 0 Å². The summed E-state index contributed by atoms with van der Waals surface area (Å²) in [5.74, 6) is 0.792. The molecule has 1 aromatic rings. The van der Waals surface area contributed by atoms with Gasteiger partial charge in [0.25, 0.3) is 0 Å². The van der Waals surface area contributed by atoms with E-state index >= 15 is 0 Å². The fraction of sp³-hybridized carbons (Fsp3) is 0.571. The van der Waals surface area contributed by atoms with Gasteiger partial charge in [-0.25, -0.2) is 4.39 Å². The Bertz CT molecular complexity index is 311. The third-order valence-corrected chi connectivity index (χ3v) is 2.21. The third-order valence-electron chi connectivity index (χ3n) is 2.21. The first-order chi connectivity index (χ1) is 7.42. The molecule has 0 aliphatic rings. The summed E-state index contributed by atoms with van der Waals surface area (Å²) in [7, 11) is 0. The maximum absolute atomic E-state index is 13.6. The van der Waals surface area contributed by atoms with E-state index in [1.165, 1.54) is 0 Å². The molecule has 0 radical (unpaired) electrons. The minimum atomic E-state index is -0.853. The molecule has 2 heteroatoms. The van der Waals surface area contributed by atoms with Crippen LogP contribution in [0.25, 0.3) is 0 Å². The van der Waals surface area contributed by atoms with Gasteiger partial charge in [0.1, 0.15) is 17.5 Å². The van der Waals surface area contributed by atoms with Gasteiger partial charge in [0, 0.05) is 0 Å². The lowest BCUT2D eigenvalue weighted by molar-refractivity contribution is 0.131. The van der Waals surface area contributed by atoms with Crippen molar-refractivity contribution < 1.29 is 9.13 Å². The highest BCUT2D eigenvalue weighted by molar-refractivity contribution is 5.29. The van der Waals surface area contributed by atoms with Gasteiger partial charge < -0.3 is 4.74 Å². The van der Waals surface area contributed by atoms with Crippen LogP contribution in [-0.4, -0.2) is 5.60 Å². The Kier molecular flexibility index (Phi) is 4.34. The van der Waals surface area contributed by atoms with Crippen molar-refractivity contribution in [3.05, 3.63) is 29.8 Å². The Morgan fingerprint density at radius 2 is 1.75 bits per heavy atom. The molecule has 0 N–H and O–H groups in total. The molecular weight excluding hydrogens is 203 g/mol. The van der Waals surface area contributed by atoms with Crippen LogP contribution >= 0.6 is 0 Å². The summed E-state index contributed by atoms with van der Waals surface area (Å²) in [6, 6.07) is 7.29. The fourth-order valence-electron chi connectivity index (χ4n) is 1.52. The molecule has 0 heterocycles. The number of ether oxygens (including phenoxy) is 1. The van der Waals surface area contributed by atoms with Crippen molar-refractivity contribution in [2.45, 2.75) is 52.3 Å². The number of alkyl halides is 1. The number of benzene rings is 1. The van der Waals surface area contributed by atoms with Gasteiger partial charge in [-0.2, -0.15) is 0 Å². The molecule has 0 aliphatic carbocycles. The van der Waals surface area contributed by atoms with Gasteiger partial charge in [-0.15, -0.1) is 0 Å². The second kappa shape index (κ2) is 5.33. The average molecular weight is 224 g/mol. The average Bonchev–Trinajstić information content (AvgIpc) is 2.16. The van der Waals surface area contributed by atoms with E-state index in [9.17, 15) is 4.39 Å². The number of hydrogen-bond acceptors (Lipinski definition) is 1. The molecule has 1 unspecified atom stereocenters. The molecule has 16 heavy (non-hydrogen) atoms. The van der Waals surface area contributed by atoms with Crippen LogP contribution in [0.5, 0.6) is 5.75 Å². The summed E-state index contributed by atoms with van der Waals surface area (Å²) >= 11 is 0. The highest BCUT2D eigenvalue weighted by Gasteiger charge is 2.12. The molecule has 1 rings (SSSR count). The first-order valence-corrected chi connectivity index (χ1v) is 5.85. The van der Waals surface area contributed by atoms with Gasteiger partial charge in [-0.1, -0.05) is 25.5 Å². The van der Waals surface area contributed by atoms with E-state index in [0.29, 0.717) is 6.42 Å². The van der Waals surface area contributed by atoms with E-state index in [0.717, 1.165) is 17.7 Å². The van der Waals surface area contributed by atoms with Gasteiger partial charge >= 0.3 is 0 Å². The van der Waals surface area contributed by atoms with Gasteiger partial charge in [-0.05, 0) is 44.9 Å². The van der Waals surface area contributed by atoms with Crippen LogP contribution in [0.15, 0.2) is 24.3 Å². The lowest BCUT2D eigenvalue weighted by atomic mass is 10.1. The largest absolute Gasteiger partial charge is 0.488 e. The smallest absolute Gasteiger partial charge is 0.125 e. The summed E-state index contributed by atoms with van der Waals surface area (Å²) < 4.78 is 19.2. The molecule has 0 saturated carbocycles. The summed E-state index contributed by atoms with van der Waals surface area (Å²) in [4.78, 5) is 0. The Labute approximate surface area is 97.6 Å². The summed E-state index contributed by atoms with van der Waals surface area (Å²) in [5, 5.41) is 0. The standard InChI is InChI=1S/C14H21FO/c1-5-6-13(15)11-7-9-12(10-8-11)16-14(2,3)4/h7-10,13H,5-6H2,1-4H3. The second-order valence-electron chi connectivity index (χ2n) is 5.04. The van der Waals surface area contributed by atoms with Crippen molar-refractivity contribution in [3.63, 3.8) is 0 Å². The lowest BCUT2D eigenvalue weighted by Crippen LogP contribution is -2.22. The Morgan fingerprint density at radius 1 is 1.19 bits per heavy atom. The second-order valence-corrected chi connectivity index (χ2v) is 5.04. The first-order valence-electron chi connectivity index (χ1n) is 5.85. The first kappa shape index (κ1) is 13.0. The lowest BCUT2D eigenvalue weighted by Gasteiger charge is -2.21. The van der Waals surface area contributed by atoms with Crippen LogP contribution in [0.1, 0.15) is 52.3 Å². The molecule has 1 nitrogen and oxygen atoms in total. The van der Waals surface area contributed by atoms with E-state index in [-0.39, 0.29) is 5.60 Å². The highest BCUT2D eigenvalue weighted by atomic mass is 19.1. The summed E-state index contributed by atoms with van der Waals surface area (Å²) in [6.07, 6.45) is 0.592. The molecule has 0 aromatic heterocycles. The van der Waals surface area contributed by atoms with Crippen LogP contribution in [0, 0.1) is 0 Å². The van der Waals surface area contributed by atoms with E-state index in [1.807, 2.05) is 39.8 Å². The van der Waals surface area contributed by atoms with Crippen molar-refractivity contribution in [1.82, 2.24) is 0 Å². The van der Waals surface area contributed by atoms with Gasteiger partial charge in [0.05, 0.1) is 0 Å². The molecule has 0 aliphatic heterocycles. The van der Waals surface area contributed by atoms with E-state index in [2.05, 4.69) is 0 Å². The zero-order valence-corrected chi connectivity index (χ0v) is 10.6. The van der Waals surface area contributed by atoms with Crippen LogP contribution in [0.4, 0.5) is 4.39 Å². The quantitative estimate of drug-likeness (QED) is 0.721. The van der Waals surface area contributed by atoms with Gasteiger partial charge in [-0.3, -0.25) is 0 Å². The van der Waals surface area contributed by atoms with Gasteiger partial charge in [0.15, 0.2) is 0 Å². The van der Waals surface area contributed by atoms with Crippen LogP contribution in [0.2, 0.25) is 0 Å². The monoisotopic (exact) mass is 224 g/mol. The van der Waals surface area contributed by atoms with Crippen molar-refractivity contribution in [3.8, 4) is 5.75 Å². The van der Waals surface area contributed by atoms with Crippen LogP contribution in [0.3, 0.4) is 0 Å². The summed E-state index contributed by atoms with van der Waals surface area (Å²) in [6.45, 7) is 7.98. The number of halogens is 1. The topological polar surface area (TPSA) is 9.23 Å². The predicted octanol–water partition coefficient (Wildman–Crippen LogP) is 4.67. The molecule has 0 amide bonds. The predicted molar refractivity (Wildman–Crippen MR) is 65.6 cm³/mol. The van der Waals surface area contributed by atoms with E-state index in [1.54, 1.807) is 12.1 Å². The maximum Gasteiger partial charge on any atom is 0.125 e. The normalized spacial score (nSPS) is 13.6. The molecule has 1 atom stereocenters. The molecular formula is C14H21FO. The van der Waals surface area contributed by atoms with Crippen LogP contribution < -0.4 is 4.74 Å². The van der Waals surface area contributed by atoms with E-state index in [4.69, 9.17) is 4.74 Å². The van der Waals surface area contributed by atoms with Crippen molar-refractivity contribution in [2.24, 2.45) is 0 Å². The van der Waals surface area contributed by atoms with Crippen molar-refractivity contribution >= 4 is 0 Å². The minimum absolute atomic E-state index is 0.208. The Hall–Kier alpha value is -1.05. The SMILES string of the molecule is CCCC(F)c1ccc(OC(C)(C)C)cc1. The maximum atomic E-state index is 13.6. The van der Waals surface area contributed by atoms with Crippen molar-refractivity contribution in [2.75, 3.05) is 0 Å². The molecule has 0 fully saturated rings. The Balaban J connectivity index is 2.68. The molecule has 0 saturated heterocycles. The Morgan fingerprint density at radius 3 is 2.19 bits per heavy atom.